The number of hydrogen-bond acceptors (Lipinski definition) is 3. The number of nitrogens with one attached hydrogen (secondary N) is 1. The lowest BCUT2D eigenvalue weighted by Crippen LogP contribution is -2.28. The van der Waals surface area contributed by atoms with E-state index in [0.717, 1.165) is 33.5 Å². The molecule has 1 aliphatic rings. The molecule has 0 atom stereocenters. The van der Waals surface area contributed by atoms with E-state index in [2.05, 4.69) is 46.8 Å². The van der Waals surface area contributed by atoms with E-state index in [9.17, 15) is 4.79 Å². The number of benzene rings is 3. The van der Waals surface area contributed by atoms with Gasteiger partial charge in [-0.1, -0.05) is 77.1 Å². The first-order valence-corrected chi connectivity index (χ1v) is 12.2. The summed E-state index contributed by atoms with van der Waals surface area (Å²) in [6.07, 6.45) is 0. The van der Waals surface area contributed by atoms with Gasteiger partial charge in [0.05, 0.1) is 30.7 Å². The lowest BCUT2D eigenvalue weighted by molar-refractivity contribution is 0.0971. The monoisotopic (exact) mass is 467 g/mol. The van der Waals surface area contributed by atoms with Crippen LogP contribution in [-0.4, -0.2) is 21.5 Å². The molecule has 0 aliphatic carbocycles. The van der Waals surface area contributed by atoms with E-state index in [1.54, 1.807) is 0 Å². The number of para-hydroxylation sites is 2. The second kappa shape index (κ2) is 8.26. The van der Waals surface area contributed by atoms with Crippen LogP contribution in [0.15, 0.2) is 66.7 Å². The highest BCUT2D eigenvalue weighted by Gasteiger charge is 2.37. The zero-order chi connectivity index (χ0) is 25.0. The second-order valence-electron chi connectivity index (χ2n) is 11.2. The molecule has 0 fully saturated rings. The molecule has 0 unspecified atom stereocenters. The fourth-order valence-corrected chi connectivity index (χ4v) is 4.95. The summed E-state index contributed by atoms with van der Waals surface area (Å²) >= 11 is 0. The second-order valence-corrected chi connectivity index (χ2v) is 11.2. The third-order valence-electron chi connectivity index (χ3n) is 6.99. The summed E-state index contributed by atoms with van der Waals surface area (Å²) in [6.45, 7) is 12.1. The normalized spacial score (nSPS) is 14.7. The Bertz CT molecular complexity index is 1480. The van der Waals surface area contributed by atoms with Gasteiger partial charge < -0.3 is 13.9 Å². The third-order valence-corrected chi connectivity index (χ3v) is 6.99. The number of Topliss-reactive ketones (excluding diaryl/α,β-unsaturated/α-hetero) is 1. The van der Waals surface area contributed by atoms with Crippen LogP contribution in [0.5, 0.6) is 5.75 Å². The van der Waals surface area contributed by atoms with Crippen molar-refractivity contribution in [3.05, 3.63) is 94.6 Å². The topological polar surface area (TPSA) is 60.0 Å². The molecule has 1 aliphatic heterocycles. The predicted octanol–water partition coefficient (Wildman–Crippen LogP) is 5.82. The van der Waals surface area contributed by atoms with Crippen molar-refractivity contribution in [3.63, 3.8) is 0 Å². The smallest absolute Gasteiger partial charge is 0.203 e. The predicted molar refractivity (Wildman–Crippen MR) is 139 cm³/mol. The van der Waals surface area contributed by atoms with Crippen LogP contribution in [-0.2, 0) is 23.9 Å². The van der Waals surface area contributed by atoms with Crippen LogP contribution in [0.1, 0.15) is 61.7 Å². The Morgan fingerprint density at radius 1 is 0.971 bits per heavy atom. The minimum atomic E-state index is -0.153. The summed E-state index contributed by atoms with van der Waals surface area (Å²) in [5.41, 5.74) is 5.82. The van der Waals surface area contributed by atoms with Crippen LogP contribution in [0.25, 0.3) is 11.0 Å². The molecule has 180 valence electrons. The fourth-order valence-electron chi connectivity index (χ4n) is 4.95. The van der Waals surface area contributed by atoms with Crippen molar-refractivity contribution in [2.75, 3.05) is 6.61 Å². The number of carbonyl (C=O) groups excluding carboxylic acids is 1. The Morgan fingerprint density at radius 2 is 1.60 bits per heavy atom. The highest BCUT2D eigenvalue weighted by Crippen LogP contribution is 2.45. The number of imidazole rings is 1. The Labute approximate surface area is 206 Å². The molecule has 5 nitrogen and oxygen atoms in total. The maximum atomic E-state index is 13.7. The van der Waals surface area contributed by atoms with E-state index in [0.29, 0.717) is 24.3 Å². The first-order chi connectivity index (χ1) is 16.6. The molecular formula is C30H33N3O2. The first kappa shape index (κ1) is 23.2. The van der Waals surface area contributed by atoms with E-state index in [-0.39, 0.29) is 23.2 Å². The van der Waals surface area contributed by atoms with Gasteiger partial charge in [0.15, 0.2) is 5.78 Å². The van der Waals surface area contributed by atoms with Crippen LogP contribution >= 0.6 is 0 Å². The Balaban J connectivity index is 1.57. The number of rotatable bonds is 5. The average molecular weight is 468 g/mol. The summed E-state index contributed by atoms with van der Waals surface area (Å²) in [5.74, 6) is 0.925. The quantitative estimate of drug-likeness (QED) is 0.376. The van der Waals surface area contributed by atoms with Gasteiger partial charge in [0.25, 0.3) is 0 Å². The maximum absolute atomic E-state index is 13.7. The molecule has 0 radical (unpaired) electrons. The van der Waals surface area contributed by atoms with Gasteiger partial charge in [-0.15, -0.1) is 0 Å². The van der Waals surface area contributed by atoms with E-state index in [1.807, 2.05) is 63.7 Å². The van der Waals surface area contributed by atoms with Gasteiger partial charge in [0.1, 0.15) is 5.75 Å². The van der Waals surface area contributed by atoms with E-state index >= 15 is 0 Å². The molecule has 4 aromatic rings. The Kier molecular flexibility index (Phi) is 5.47. The van der Waals surface area contributed by atoms with Gasteiger partial charge in [-0.05, 0) is 35.2 Å². The molecular weight excluding hydrogens is 434 g/mol. The number of ketones is 1. The van der Waals surface area contributed by atoms with E-state index < -0.39 is 0 Å². The van der Waals surface area contributed by atoms with Crippen LogP contribution < -0.4 is 10.4 Å². The zero-order valence-electron chi connectivity index (χ0n) is 21.2. The van der Waals surface area contributed by atoms with Gasteiger partial charge in [0, 0.05) is 22.1 Å². The molecule has 5 rings (SSSR count). The number of hydrogen-bond donors (Lipinski definition) is 1. The van der Waals surface area contributed by atoms with Gasteiger partial charge in [-0.2, -0.15) is 0 Å². The van der Waals surface area contributed by atoms with Crippen LogP contribution in [0.3, 0.4) is 0 Å². The summed E-state index contributed by atoms with van der Waals surface area (Å²) in [4.78, 5) is 13.7. The van der Waals surface area contributed by atoms with Gasteiger partial charge >= 0.3 is 0 Å². The number of carbonyl (C=O) groups is 1. The molecule has 0 bridgehead atoms. The average Bonchev–Trinajstić information content (AvgIpc) is 3.27. The Morgan fingerprint density at radius 3 is 2.26 bits per heavy atom. The Hall–Kier alpha value is -3.60. The van der Waals surface area contributed by atoms with Crippen molar-refractivity contribution in [1.82, 2.24) is 9.13 Å². The van der Waals surface area contributed by atoms with Crippen molar-refractivity contribution in [1.29, 1.82) is 5.41 Å². The van der Waals surface area contributed by atoms with Crippen LogP contribution in [0, 0.1) is 5.41 Å². The van der Waals surface area contributed by atoms with Crippen molar-refractivity contribution >= 4 is 16.8 Å². The number of aromatic nitrogens is 2. The molecule has 0 saturated heterocycles. The fraction of sp³-hybridized carbons (Fsp3) is 0.333. The minimum absolute atomic E-state index is 0.00196. The van der Waals surface area contributed by atoms with Crippen molar-refractivity contribution < 1.29 is 9.53 Å². The van der Waals surface area contributed by atoms with Gasteiger partial charge in [-0.25, -0.2) is 0 Å². The maximum Gasteiger partial charge on any atom is 0.203 e. The summed E-state index contributed by atoms with van der Waals surface area (Å²) < 4.78 is 9.91. The first-order valence-electron chi connectivity index (χ1n) is 12.2. The molecule has 2 heterocycles. The molecule has 0 saturated carbocycles. The largest absolute Gasteiger partial charge is 0.492 e. The molecule has 1 aromatic heterocycles. The molecule has 35 heavy (non-hydrogen) atoms. The number of fused-ring (bicyclic) bond motifs is 2. The van der Waals surface area contributed by atoms with Crippen molar-refractivity contribution in [3.8, 4) is 5.75 Å². The molecule has 5 heteroatoms. The molecule has 1 N–H and O–H groups in total. The van der Waals surface area contributed by atoms with Crippen molar-refractivity contribution in [2.45, 2.75) is 58.5 Å². The standard InChI is InChI=1S/C30H33N3O2/c1-29(2,3)22-15-21(16-23-27(22)35-19-30(23,4)5)26(34)18-33-25-14-10-9-13-24(25)32(28(33)31)17-20-11-7-6-8-12-20/h6-16,31H,17-19H2,1-5H3. The minimum Gasteiger partial charge on any atom is -0.492 e. The summed E-state index contributed by atoms with van der Waals surface area (Å²) in [5, 5.41) is 8.96. The van der Waals surface area contributed by atoms with E-state index in [1.165, 1.54) is 0 Å². The highest BCUT2D eigenvalue weighted by molar-refractivity contribution is 5.97. The summed E-state index contributed by atoms with van der Waals surface area (Å²) in [7, 11) is 0. The molecule has 0 amide bonds. The lowest BCUT2D eigenvalue weighted by Gasteiger charge is -2.24. The number of nitrogens with zero attached hydrogens (tertiary/aromatic N) is 2. The third kappa shape index (κ3) is 4.09. The molecule has 3 aromatic carbocycles. The summed E-state index contributed by atoms with van der Waals surface area (Å²) in [6, 6.07) is 22.1. The van der Waals surface area contributed by atoms with Crippen LogP contribution in [0.2, 0.25) is 0 Å². The van der Waals surface area contributed by atoms with E-state index in [4.69, 9.17) is 10.1 Å². The van der Waals surface area contributed by atoms with Gasteiger partial charge in [0.2, 0.25) is 5.62 Å². The van der Waals surface area contributed by atoms with Gasteiger partial charge in [-0.3, -0.25) is 10.2 Å². The number of ether oxygens (including phenoxy) is 1. The lowest BCUT2D eigenvalue weighted by atomic mass is 9.79. The van der Waals surface area contributed by atoms with Crippen molar-refractivity contribution in [2.24, 2.45) is 0 Å². The SMILES string of the molecule is CC(C)(C)c1cc(C(=O)Cn2c(=N)n(Cc3ccccc3)c3ccccc32)cc2c1OCC2(C)C. The molecule has 0 spiro atoms. The highest BCUT2D eigenvalue weighted by atomic mass is 16.5. The van der Waals surface area contributed by atoms with Crippen LogP contribution in [0.4, 0.5) is 0 Å². The zero-order valence-corrected chi connectivity index (χ0v) is 21.2.